The minimum atomic E-state index is 0.225. The molecule has 0 radical (unpaired) electrons. The van der Waals surface area contributed by atoms with E-state index in [4.69, 9.17) is 5.26 Å². The second-order valence-electron chi connectivity index (χ2n) is 2.35. The molecular weight excluding hydrogens is 122 g/mol. The first kappa shape index (κ1) is 9.23. The van der Waals surface area contributed by atoms with Crippen molar-refractivity contribution in [2.24, 2.45) is 5.92 Å². The second kappa shape index (κ2) is 6.35. The van der Waals surface area contributed by atoms with Crippen molar-refractivity contribution in [1.82, 2.24) is 0 Å². The van der Waals surface area contributed by atoms with Gasteiger partial charge < -0.3 is 0 Å². The average molecular weight is 137 g/mol. The molecule has 0 saturated carbocycles. The molecule has 0 N–H and O–H groups in total. The van der Waals surface area contributed by atoms with Gasteiger partial charge in [0.05, 0.1) is 6.07 Å². The van der Waals surface area contributed by atoms with Crippen molar-refractivity contribution >= 4 is 0 Å². The lowest BCUT2D eigenvalue weighted by atomic mass is 10.0. The topological polar surface area (TPSA) is 23.8 Å². The normalized spacial score (nSPS) is 13.3. The summed E-state index contributed by atoms with van der Waals surface area (Å²) in [5.41, 5.74) is 0. The van der Waals surface area contributed by atoms with Gasteiger partial charge in [-0.15, -0.1) is 0 Å². The molecule has 0 aromatic heterocycles. The molecule has 1 atom stereocenters. The molecule has 10 heavy (non-hydrogen) atoms. The summed E-state index contributed by atoms with van der Waals surface area (Å²) in [4.78, 5) is 0. The third-order valence-corrected chi connectivity index (χ3v) is 1.50. The zero-order valence-electron chi connectivity index (χ0n) is 6.80. The Kier molecular flexibility index (Phi) is 5.86. The zero-order valence-corrected chi connectivity index (χ0v) is 6.80. The Morgan fingerprint density at radius 2 is 2.10 bits per heavy atom. The summed E-state index contributed by atoms with van der Waals surface area (Å²) in [7, 11) is 0. The van der Waals surface area contributed by atoms with Crippen molar-refractivity contribution in [1.29, 1.82) is 5.26 Å². The van der Waals surface area contributed by atoms with Gasteiger partial charge in [0.15, 0.2) is 0 Å². The summed E-state index contributed by atoms with van der Waals surface area (Å²) >= 11 is 0. The van der Waals surface area contributed by atoms with Crippen LogP contribution in [-0.4, -0.2) is 0 Å². The molecule has 1 unspecified atom stereocenters. The van der Waals surface area contributed by atoms with Crippen LogP contribution >= 0.6 is 0 Å². The van der Waals surface area contributed by atoms with Gasteiger partial charge in [0.2, 0.25) is 0 Å². The van der Waals surface area contributed by atoms with Crippen LogP contribution in [0, 0.1) is 17.2 Å². The Balaban J connectivity index is 3.46. The quantitative estimate of drug-likeness (QED) is 0.546. The first-order chi connectivity index (χ1) is 4.85. The molecule has 0 bridgehead atoms. The van der Waals surface area contributed by atoms with Crippen LogP contribution in [0.25, 0.3) is 0 Å². The highest BCUT2D eigenvalue weighted by Crippen LogP contribution is 2.06. The number of nitriles is 1. The highest BCUT2D eigenvalue weighted by atomic mass is 14.3. The van der Waals surface area contributed by atoms with Gasteiger partial charge in [-0.3, -0.25) is 0 Å². The maximum atomic E-state index is 8.54. The Bertz CT molecular complexity index is 130. The Morgan fingerprint density at radius 3 is 2.50 bits per heavy atom. The van der Waals surface area contributed by atoms with E-state index in [0.29, 0.717) is 0 Å². The van der Waals surface area contributed by atoms with Crippen LogP contribution in [0.4, 0.5) is 0 Å². The molecule has 0 heterocycles. The fraction of sp³-hybridized carbons (Fsp3) is 0.667. The summed E-state index contributed by atoms with van der Waals surface area (Å²) in [5.74, 6) is 0.225. The van der Waals surface area contributed by atoms with Crippen LogP contribution in [0.2, 0.25) is 0 Å². The first-order valence-corrected chi connectivity index (χ1v) is 3.89. The van der Waals surface area contributed by atoms with Crippen LogP contribution in [0.5, 0.6) is 0 Å². The van der Waals surface area contributed by atoms with Crippen molar-refractivity contribution in [2.75, 3.05) is 0 Å². The van der Waals surface area contributed by atoms with E-state index in [-0.39, 0.29) is 5.92 Å². The lowest BCUT2D eigenvalue weighted by Crippen LogP contribution is -1.90. The minimum Gasteiger partial charge on any atom is -0.198 e. The average Bonchev–Trinajstić information content (AvgIpc) is 1.99. The van der Waals surface area contributed by atoms with E-state index in [2.05, 4.69) is 25.1 Å². The lowest BCUT2D eigenvalue weighted by molar-refractivity contribution is 0.651. The number of rotatable bonds is 4. The maximum Gasteiger partial charge on any atom is 0.0658 e. The van der Waals surface area contributed by atoms with Crippen molar-refractivity contribution in [3.05, 3.63) is 12.2 Å². The summed E-state index contributed by atoms with van der Waals surface area (Å²) in [6.45, 7) is 4.15. The predicted octanol–water partition coefficient (Wildman–Crippen LogP) is 2.89. The van der Waals surface area contributed by atoms with Crippen LogP contribution < -0.4 is 0 Å². The fourth-order valence-electron chi connectivity index (χ4n) is 0.738. The summed E-state index contributed by atoms with van der Waals surface area (Å²) in [6, 6.07) is 2.26. The minimum absolute atomic E-state index is 0.225. The molecule has 0 rings (SSSR count). The molecule has 0 saturated heterocycles. The molecule has 0 aliphatic heterocycles. The van der Waals surface area contributed by atoms with Gasteiger partial charge in [-0.05, 0) is 19.3 Å². The van der Waals surface area contributed by atoms with E-state index < -0.39 is 0 Å². The molecule has 0 aromatic rings. The monoisotopic (exact) mass is 137 g/mol. The van der Waals surface area contributed by atoms with E-state index in [1.54, 1.807) is 0 Å². The molecule has 1 heteroatoms. The van der Waals surface area contributed by atoms with E-state index in [9.17, 15) is 0 Å². The van der Waals surface area contributed by atoms with E-state index in [1.807, 2.05) is 6.92 Å². The van der Waals surface area contributed by atoms with Gasteiger partial charge in [-0.1, -0.05) is 26.0 Å². The second-order valence-corrected chi connectivity index (χ2v) is 2.35. The highest BCUT2D eigenvalue weighted by Gasteiger charge is 1.98. The molecule has 0 amide bonds. The molecule has 0 spiro atoms. The Morgan fingerprint density at radius 1 is 1.40 bits per heavy atom. The van der Waals surface area contributed by atoms with E-state index >= 15 is 0 Å². The smallest absolute Gasteiger partial charge is 0.0658 e. The van der Waals surface area contributed by atoms with Crippen LogP contribution in [-0.2, 0) is 0 Å². The molecule has 0 fully saturated rings. The lowest BCUT2D eigenvalue weighted by Gasteiger charge is -1.98. The Hall–Kier alpha value is -0.770. The SMILES string of the molecule is CCC=CCC(C#N)CC. The third kappa shape index (κ3) is 4.14. The van der Waals surface area contributed by atoms with Crippen molar-refractivity contribution in [3.63, 3.8) is 0 Å². The molecule has 0 aliphatic carbocycles. The Labute approximate surface area is 63.4 Å². The predicted molar refractivity (Wildman–Crippen MR) is 43.4 cm³/mol. The van der Waals surface area contributed by atoms with Gasteiger partial charge in [0.25, 0.3) is 0 Å². The molecule has 0 aromatic carbocycles. The number of hydrogen-bond acceptors (Lipinski definition) is 1. The summed E-state index contributed by atoms with van der Waals surface area (Å²) in [5, 5.41) is 8.54. The molecule has 56 valence electrons. The van der Waals surface area contributed by atoms with E-state index in [1.165, 1.54) is 0 Å². The summed E-state index contributed by atoms with van der Waals surface area (Å²) < 4.78 is 0. The fourth-order valence-corrected chi connectivity index (χ4v) is 0.738. The standard InChI is InChI=1S/C9H15N/c1-3-5-6-7-9(4-2)8-10/h5-6,9H,3-4,7H2,1-2H3. The van der Waals surface area contributed by atoms with Gasteiger partial charge in [-0.25, -0.2) is 0 Å². The van der Waals surface area contributed by atoms with Crippen LogP contribution in [0.1, 0.15) is 33.1 Å². The number of hydrogen-bond donors (Lipinski definition) is 0. The van der Waals surface area contributed by atoms with E-state index in [0.717, 1.165) is 19.3 Å². The van der Waals surface area contributed by atoms with Gasteiger partial charge in [-0.2, -0.15) is 5.26 Å². The molecular formula is C9H15N. The van der Waals surface area contributed by atoms with Gasteiger partial charge in [0.1, 0.15) is 0 Å². The first-order valence-electron chi connectivity index (χ1n) is 3.89. The molecule has 0 aliphatic rings. The maximum absolute atomic E-state index is 8.54. The van der Waals surface area contributed by atoms with Crippen molar-refractivity contribution in [3.8, 4) is 6.07 Å². The van der Waals surface area contributed by atoms with Gasteiger partial charge >= 0.3 is 0 Å². The number of allylic oxidation sites excluding steroid dienone is 2. The van der Waals surface area contributed by atoms with Crippen LogP contribution in [0.15, 0.2) is 12.2 Å². The van der Waals surface area contributed by atoms with Crippen molar-refractivity contribution in [2.45, 2.75) is 33.1 Å². The largest absolute Gasteiger partial charge is 0.198 e. The highest BCUT2D eigenvalue weighted by molar-refractivity contribution is 4.90. The number of nitrogens with zero attached hydrogens (tertiary/aromatic N) is 1. The summed E-state index contributed by atoms with van der Waals surface area (Å²) in [6.07, 6.45) is 7.16. The van der Waals surface area contributed by atoms with Crippen molar-refractivity contribution < 1.29 is 0 Å². The molecule has 1 nitrogen and oxygen atoms in total. The van der Waals surface area contributed by atoms with Gasteiger partial charge in [0, 0.05) is 5.92 Å². The van der Waals surface area contributed by atoms with Crippen LogP contribution in [0.3, 0.4) is 0 Å². The zero-order chi connectivity index (χ0) is 7.82. The third-order valence-electron chi connectivity index (χ3n) is 1.50.